The molecule has 1 aromatic carbocycles. The molecule has 7 nitrogen and oxygen atoms in total. The fraction of sp³-hybridized carbons (Fsp3) is 0.500. The number of anilines is 1. The van der Waals surface area contributed by atoms with Crippen molar-refractivity contribution in [1.29, 1.82) is 0 Å². The lowest BCUT2D eigenvalue weighted by molar-refractivity contribution is -0.132. The molecule has 0 aliphatic carbocycles. The number of hydrogen-bond acceptors (Lipinski definition) is 4. The average molecular weight is 353 g/mol. The van der Waals surface area contributed by atoms with Crippen LogP contribution in [0.1, 0.15) is 19.8 Å². The molecular weight excluding hydrogens is 330 g/mol. The minimum atomic E-state index is -3.48. The number of carbonyl (C=O) groups excluding carboxylic acids is 2. The van der Waals surface area contributed by atoms with Crippen molar-refractivity contribution in [3.05, 3.63) is 24.3 Å². The van der Waals surface area contributed by atoms with Crippen molar-refractivity contribution in [3.63, 3.8) is 0 Å². The van der Waals surface area contributed by atoms with Gasteiger partial charge in [0.15, 0.2) is 0 Å². The van der Waals surface area contributed by atoms with Crippen LogP contribution in [-0.2, 0) is 19.6 Å². The maximum atomic E-state index is 12.4. The van der Waals surface area contributed by atoms with E-state index in [9.17, 15) is 18.0 Å². The predicted molar refractivity (Wildman–Crippen MR) is 90.9 cm³/mol. The van der Waals surface area contributed by atoms with E-state index in [0.717, 1.165) is 17.1 Å². The molecule has 1 aliphatic heterocycles. The first-order valence-electron chi connectivity index (χ1n) is 7.81. The highest BCUT2D eigenvalue weighted by Crippen LogP contribution is 2.20. The van der Waals surface area contributed by atoms with E-state index < -0.39 is 10.0 Å². The third kappa shape index (κ3) is 4.12. The van der Waals surface area contributed by atoms with Gasteiger partial charge in [0.2, 0.25) is 21.8 Å². The summed E-state index contributed by atoms with van der Waals surface area (Å²) in [6.07, 6.45) is 1.54. The molecule has 24 heavy (non-hydrogen) atoms. The third-order valence-corrected chi connectivity index (χ3v) is 5.97. The van der Waals surface area contributed by atoms with Gasteiger partial charge in [-0.05, 0) is 37.1 Å². The lowest BCUT2D eigenvalue weighted by Crippen LogP contribution is -2.42. The van der Waals surface area contributed by atoms with Crippen molar-refractivity contribution in [2.75, 3.05) is 32.5 Å². The van der Waals surface area contributed by atoms with Crippen molar-refractivity contribution < 1.29 is 18.0 Å². The summed E-state index contributed by atoms with van der Waals surface area (Å²) in [5.74, 6) is -0.414. The molecule has 0 bridgehead atoms. The Labute approximate surface area is 142 Å². The summed E-state index contributed by atoms with van der Waals surface area (Å²) in [5, 5.41) is 2.79. The highest BCUT2D eigenvalue weighted by molar-refractivity contribution is 7.89. The Morgan fingerprint density at radius 3 is 2.38 bits per heavy atom. The molecule has 1 saturated heterocycles. The molecule has 2 rings (SSSR count). The van der Waals surface area contributed by atoms with Crippen LogP contribution in [0.2, 0.25) is 0 Å². The number of hydrogen-bond donors (Lipinski definition) is 1. The molecular formula is C16H23N3O4S. The molecule has 1 atom stereocenters. The van der Waals surface area contributed by atoms with Gasteiger partial charge in [-0.2, -0.15) is 0 Å². The van der Waals surface area contributed by atoms with Gasteiger partial charge in [-0.1, -0.05) is 0 Å². The smallest absolute Gasteiger partial charge is 0.242 e. The minimum absolute atomic E-state index is 0.0225. The molecule has 132 valence electrons. The zero-order chi connectivity index (χ0) is 17.9. The highest BCUT2D eigenvalue weighted by Gasteiger charge is 2.27. The molecule has 0 aromatic heterocycles. The second-order valence-corrected chi connectivity index (χ2v) is 8.26. The van der Waals surface area contributed by atoms with Gasteiger partial charge in [0.05, 0.1) is 10.8 Å². The van der Waals surface area contributed by atoms with Crippen LogP contribution in [0.3, 0.4) is 0 Å². The summed E-state index contributed by atoms with van der Waals surface area (Å²) in [6.45, 7) is 2.62. The van der Waals surface area contributed by atoms with E-state index in [1.54, 1.807) is 17.0 Å². The molecule has 0 unspecified atom stereocenters. The Bertz CT molecular complexity index is 713. The van der Waals surface area contributed by atoms with Crippen LogP contribution >= 0.6 is 0 Å². The maximum absolute atomic E-state index is 12.4. The molecule has 1 N–H and O–H groups in total. The lowest BCUT2D eigenvalue weighted by Gasteiger charge is -2.31. The van der Waals surface area contributed by atoms with Crippen molar-refractivity contribution >= 4 is 27.5 Å². The molecule has 0 saturated carbocycles. The number of nitrogens with zero attached hydrogens (tertiary/aromatic N) is 2. The average Bonchev–Trinajstić information content (AvgIpc) is 2.55. The second kappa shape index (κ2) is 7.31. The van der Waals surface area contributed by atoms with E-state index in [2.05, 4.69) is 5.32 Å². The Morgan fingerprint density at radius 2 is 1.83 bits per heavy atom. The predicted octanol–water partition coefficient (Wildman–Crippen LogP) is 1.13. The van der Waals surface area contributed by atoms with Crippen LogP contribution in [0, 0.1) is 5.92 Å². The maximum Gasteiger partial charge on any atom is 0.242 e. The fourth-order valence-electron chi connectivity index (χ4n) is 2.64. The van der Waals surface area contributed by atoms with Crippen molar-refractivity contribution in [2.45, 2.75) is 24.7 Å². The Kier molecular flexibility index (Phi) is 5.61. The van der Waals surface area contributed by atoms with E-state index >= 15 is 0 Å². The van der Waals surface area contributed by atoms with Gasteiger partial charge in [-0.15, -0.1) is 0 Å². The molecule has 0 spiro atoms. The first-order chi connectivity index (χ1) is 11.2. The zero-order valence-corrected chi connectivity index (χ0v) is 15.0. The van der Waals surface area contributed by atoms with Crippen LogP contribution in [0.5, 0.6) is 0 Å². The number of piperidine rings is 1. The van der Waals surface area contributed by atoms with Gasteiger partial charge in [-0.3, -0.25) is 9.59 Å². The first-order valence-corrected chi connectivity index (χ1v) is 9.25. The third-order valence-electron chi connectivity index (χ3n) is 4.14. The number of likely N-dealkylation sites (tertiary alicyclic amines) is 1. The molecule has 0 radical (unpaired) electrons. The molecule has 1 aromatic rings. The Morgan fingerprint density at radius 1 is 1.21 bits per heavy atom. The van der Waals surface area contributed by atoms with Gasteiger partial charge in [0.1, 0.15) is 0 Å². The topological polar surface area (TPSA) is 86.8 Å². The van der Waals surface area contributed by atoms with Crippen molar-refractivity contribution in [3.8, 4) is 0 Å². The zero-order valence-electron chi connectivity index (χ0n) is 14.2. The van der Waals surface area contributed by atoms with E-state index in [1.165, 1.54) is 33.2 Å². The number of sulfonamides is 1. The largest absolute Gasteiger partial charge is 0.342 e. The van der Waals surface area contributed by atoms with Gasteiger partial charge >= 0.3 is 0 Å². The standard InChI is InChI=1S/C16H23N3O4S/c1-12(20)19-10-4-5-13(11-19)16(21)17-14-6-8-15(9-7-14)24(22,23)18(2)3/h6-9,13H,4-5,10-11H2,1-3H3,(H,17,21)/t13-/m1/s1. The lowest BCUT2D eigenvalue weighted by atomic mass is 9.97. The second-order valence-electron chi connectivity index (χ2n) is 6.11. The van der Waals surface area contributed by atoms with Crippen molar-refractivity contribution in [2.24, 2.45) is 5.92 Å². The van der Waals surface area contributed by atoms with Crippen molar-refractivity contribution in [1.82, 2.24) is 9.21 Å². The number of rotatable bonds is 4. The fourth-order valence-corrected chi connectivity index (χ4v) is 3.54. The van der Waals surface area contributed by atoms with Gasteiger partial charge < -0.3 is 10.2 Å². The van der Waals surface area contributed by atoms with Gasteiger partial charge in [0.25, 0.3) is 0 Å². The SMILES string of the molecule is CC(=O)N1CCC[C@@H](C(=O)Nc2ccc(S(=O)(=O)N(C)C)cc2)C1. The van der Waals surface area contributed by atoms with Crippen LogP contribution in [0.4, 0.5) is 5.69 Å². The molecule has 2 amide bonds. The monoisotopic (exact) mass is 353 g/mol. The summed E-state index contributed by atoms with van der Waals surface area (Å²) < 4.78 is 25.2. The van der Waals surface area contributed by atoms with Crippen LogP contribution in [0.15, 0.2) is 29.2 Å². The summed E-state index contributed by atoms with van der Waals surface area (Å²) in [4.78, 5) is 25.6. The van der Waals surface area contributed by atoms with E-state index in [-0.39, 0.29) is 22.6 Å². The van der Waals surface area contributed by atoms with Crippen LogP contribution in [0.25, 0.3) is 0 Å². The van der Waals surface area contributed by atoms with Crippen LogP contribution in [-0.4, -0.2) is 56.6 Å². The Balaban J connectivity index is 2.03. The summed E-state index contributed by atoms with van der Waals surface area (Å²) in [5.41, 5.74) is 0.539. The van der Waals surface area contributed by atoms with E-state index in [4.69, 9.17) is 0 Å². The molecule has 8 heteroatoms. The first kappa shape index (κ1) is 18.4. The van der Waals surface area contributed by atoms with E-state index in [1.807, 2.05) is 0 Å². The van der Waals surface area contributed by atoms with Gasteiger partial charge in [0, 0.05) is 39.8 Å². The number of nitrogens with one attached hydrogen (secondary N) is 1. The van der Waals surface area contributed by atoms with Gasteiger partial charge in [-0.25, -0.2) is 12.7 Å². The molecule has 1 fully saturated rings. The summed E-state index contributed by atoms with van der Waals surface area (Å²) in [6, 6.07) is 6.07. The number of amides is 2. The Hall–Kier alpha value is -1.93. The number of benzene rings is 1. The molecule has 1 heterocycles. The minimum Gasteiger partial charge on any atom is -0.342 e. The normalized spacial score (nSPS) is 18.5. The quantitative estimate of drug-likeness (QED) is 0.879. The summed E-state index contributed by atoms with van der Waals surface area (Å²) in [7, 11) is -0.549. The number of carbonyl (C=O) groups is 2. The summed E-state index contributed by atoms with van der Waals surface area (Å²) >= 11 is 0. The van der Waals surface area contributed by atoms with Crippen LogP contribution < -0.4 is 5.32 Å². The highest BCUT2D eigenvalue weighted by atomic mass is 32.2. The van der Waals surface area contributed by atoms with E-state index in [0.29, 0.717) is 18.8 Å². The molecule has 1 aliphatic rings.